The molecule has 0 amide bonds. The molecule has 6 heteroatoms. The molecule has 0 aliphatic heterocycles. The van der Waals surface area contributed by atoms with Crippen molar-refractivity contribution in [3.05, 3.63) is 42.5 Å². The summed E-state index contributed by atoms with van der Waals surface area (Å²) in [4.78, 5) is 7.17. The second-order valence-corrected chi connectivity index (χ2v) is 6.53. The quantitative estimate of drug-likeness (QED) is 0.237. The van der Waals surface area contributed by atoms with E-state index in [0.717, 1.165) is 36.4 Å². The Labute approximate surface area is 175 Å². The van der Waals surface area contributed by atoms with Gasteiger partial charge in [0, 0.05) is 30.7 Å². The third-order valence-corrected chi connectivity index (χ3v) is 4.46. The maximum Gasteiger partial charge on any atom is 0.191 e. The van der Waals surface area contributed by atoms with Gasteiger partial charge in [-0.15, -0.1) is 24.0 Å². The van der Waals surface area contributed by atoms with Crippen LogP contribution in [0.5, 0.6) is 5.75 Å². The first-order valence-electron chi connectivity index (χ1n) is 9.21. The van der Waals surface area contributed by atoms with Crippen LogP contribution >= 0.6 is 24.0 Å². The molecule has 1 aliphatic rings. The highest BCUT2D eigenvalue weighted by Crippen LogP contribution is 2.26. The molecule has 26 heavy (non-hydrogen) atoms. The minimum absolute atomic E-state index is 0. The molecule has 2 rings (SSSR count). The predicted molar refractivity (Wildman–Crippen MR) is 121 cm³/mol. The summed E-state index contributed by atoms with van der Waals surface area (Å²) < 4.78 is 5.71. The van der Waals surface area contributed by atoms with Crippen molar-refractivity contribution in [3.8, 4) is 5.75 Å². The average molecular weight is 472 g/mol. The highest BCUT2D eigenvalue weighted by molar-refractivity contribution is 14.0. The SMILES string of the molecule is C=CCOc1ccccc1CN=C(NCC)NCC(C)N(C)C1CC1.I. The summed E-state index contributed by atoms with van der Waals surface area (Å²) in [6.07, 6.45) is 4.41. The number of rotatable bonds is 10. The van der Waals surface area contributed by atoms with E-state index < -0.39 is 0 Å². The number of nitrogens with one attached hydrogen (secondary N) is 2. The third-order valence-electron chi connectivity index (χ3n) is 4.46. The van der Waals surface area contributed by atoms with Crippen molar-refractivity contribution in [1.29, 1.82) is 0 Å². The Morgan fingerprint density at radius 3 is 2.77 bits per heavy atom. The van der Waals surface area contributed by atoms with Gasteiger partial charge in [-0.3, -0.25) is 4.90 Å². The Balaban J connectivity index is 0.00000338. The topological polar surface area (TPSA) is 48.9 Å². The Hall–Kier alpha value is -1.28. The Bertz CT molecular complexity index is 575. The van der Waals surface area contributed by atoms with Crippen LogP contribution in [0.15, 0.2) is 41.9 Å². The van der Waals surface area contributed by atoms with E-state index in [1.54, 1.807) is 6.08 Å². The fraction of sp³-hybridized carbons (Fsp3) is 0.550. The lowest BCUT2D eigenvalue weighted by molar-refractivity contribution is 0.247. The molecule has 2 N–H and O–H groups in total. The summed E-state index contributed by atoms with van der Waals surface area (Å²) in [5.74, 6) is 1.71. The molecule has 1 saturated carbocycles. The van der Waals surface area contributed by atoms with Crippen molar-refractivity contribution < 1.29 is 4.74 Å². The summed E-state index contributed by atoms with van der Waals surface area (Å²) in [5, 5.41) is 6.78. The van der Waals surface area contributed by atoms with E-state index in [-0.39, 0.29) is 24.0 Å². The lowest BCUT2D eigenvalue weighted by Crippen LogP contribution is -2.45. The maximum absolute atomic E-state index is 5.71. The van der Waals surface area contributed by atoms with Crippen LogP contribution in [0.1, 0.15) is 32.3 Å². The van der Waals surface area contributed by atoms with Crippen LogP contribution < -0.4 is 15.4 Å². The first kappa shape index (κ1) is 22.8. The number of ether oxygens (including phenoxy) is 1. The molecule has 1 aromatic carbocycles. The fourth-order valence-corrected chi connectivity index (χ4v) is 2.66. The minimum Gasteiger partial charge on any atom is -0.489 e. The van der Waals surface area contributed by atoms with Crippen LogP contribution in [0.3, 0.4) is 0 Å². The first-order valence-corrected chi connectivity index (χ1v) is 9.21. The number of guanidine groups is 1. The summed E-state index contributed by atoms with van der Waals surface area (Å²) in [6, 6.07) is 9.27. The molecule has 1 aliphatic carbocycles. The van der Waals surface area contributed by atoms with Crippen molar-refractivity contribution in [2.24, 2.45) is 4.99 Å². The Morgan fingerprint density at radius 2 is 2.12 bits per heavy atom. The highest BCUT2D eigenvalue weighted by atomic mass is 127. The predicted octanol–water partition coefficient (Wildman–Crippen LogP) is 3.41. The van der Waals surface area contributed by atoms with E-state index in [4.69, 9.17) is 9.73 Å². The highest BCUT2D eigenvalue weighted by Gasteiger charge is 2.28. The van der Waals surface area contributed by atoms with Gasteiger partial charge in [0.2, 0.25) is 0 Å². The van der Waals surface area contributed by atoms with Gasteiger partial charge in [-0.25, -0.2) is 4.99 Å². The van der Waals surface area contributed by atoms with Crippen molar-refractivity contribution >= 4 is 29.9 Å². The lowest BCUT2D eigenvalue weighted by Gasteiger charge is -2.25. The van der Waals surface area contributed by atoms with Gasteiger partial charge >= 0.3 is 0 Å². The summed E-state index contributed by atoms with van der Waals surface area (Å²) >= 11 is 0. The van der Waals surface area contributed by atoms with E-state index >= 15 is 0 Å². The van der Waals surface area contributed by atoms with Crippen molar-refractivity contribution in [2.45, 2.75) is 45.3 Å². The smallest absolute Gasteiger partial charge is 0.191 e. The Kier molecular flexibility index (Phi) is 10.7. The second kappa shape index (κ2) is 12.2. The minimum atomic E-state index is 0. The lowest BCUT2D eigenvalue weighted by atomic mass is 10.2. The molecule has 146 valence electrons. The molecule has 0 aromatic heterocycles. The van der Waals surface area contributed by atoms with Crippen LogP contribution in [0.4, 0.5) is 0 Å². The van der Waals surface area contributed by atoms with E-state index in [1.165, 1.54) is 12.8 Å². The molecule has 0 spiro atoms. The van der Waals surface area contributed by atoms with Crippen LogP contribution in [0.2, 0.25) is 0 Å². The van der Waals surface area contributed by atoms with Crippen molar-refractivity contribution in [1.82, 2.24) is 15.5 Å². The first-order chi connectivity index (χ1) is 12.2. The molecule has 1 fully saturated rings. The van der Waals surface area contributed by atoms with Gasteiger partial charge in [0.15, 0.2) is 5.96 Å². The van der Waals surface area contributed by atoms with E-state index in [9.17, 15) is 0 Å². The number of benzene rings is 1. The molecular weight excluding hydrogens is 439 g/mol. The summed E-state index contributed by atoms with van der Waals surface area (Å²) in [7, 11) is 2.21. The number of likely N-dealkylation sites (N-methyl/N-ethyl adjacent to an activating group) is 1. The monoisotopic (exact) mass is 472 g/mol. The summed E-state index contributed by atoms with van der Waals surface area (Å²) in [6.45, 7) is 10.8. The maximum atomic E-state index is 5.71. The molecule has 0 radical (unpaired) electrons. The number of hydrogen-bond donors (Lipinski definition) is 2. The zero-order chi connectivity index (χ0) is 18.1. The van der Waals surface area contributed by atoms with Gasteiger partial charge in [0.1, 0.15) is 12.4 Å². The second-order valence-electron chi connectivity index (χ2n) is 6.53. The normalized spacial score (nSPS) is 15.2. The fourth-order valence-electron chi connectivity index (χ4n) is 2.66. The molecule has 1 atom stereocenters. The molecule has 5 nitrogen and oxygen atoms in total. The standard InChI is InChI=1S/C20H32N4O.HI/c1-5-13-25-19-10-8-7-9-17(19)15-23-20(21-6-2)22-14-16(3)24(4)18-11-12-18;/h5,7-10,16,18H,1,6,11-15H2,2-4H3,(H2,21,22,23);1H. The number of hydrogen-bond acceptors (Lipinski definition) is 3. The molecule has 0 saturated heterocycles. The average Bonchev–Trinajstić information content (AvgIpc) is 3.47. The van der Waals surface area contributed by atoms with Gasteiger partial charge in [0.05, 0.1) is 6.54 Å². The number of aliphatic imine (C=N–C) groups is 1. The molecular formula is C20H33IN4O. The number of halogens is 1. The van der Waals surface area contributed by atoms with E-state index in [0.29, 0.717) is 19.2 Å². The molecule has 1 aromatic rings. The van der Waals surface area contributed by atoms with Crippen molar-refractivity contribution in [2.75, 3.05) is 26.7 Å². The number of para-hydroxylation sites is 1. The molecule has 1 unspecified atom stereocenters. The van der Waals surface area contributed by atoms with Gasteiger partial charge < -0.3 is 15.4 Å². The molecule has 0 heterocycles. The third kappa shape index (κ3) is 7.53. The zero-order valence-electron chi connectivity index (χ0n) is 16.2. The van der Waals surface area contributed by atoms with Crippen LogP contribution in [-0.2, 0) is 6.54 Å². The largest absolute Gasteiger partial charge is 0.489 e. The van der Waals surface area contributed by atoms with Gasteiger partial charge in [-0.2, -0.15) is 0 Å². The van der Waals surface area contributed by atoms with Gasteiger partial charge in [-0.05, 0) is 39.8 Å². The van der Waals surface area contributed by atoms with Gasteiger partial charge in [-0.1, -0.05) is 30.9 Å². The number of nitrogens with zero attached hydrogens (tertiary/aromatic N) is 2. The van der Waals surface area contributed by atoms with Crippen LogP contribution in [-0.4, -0.2) is 49.7 Å². The van der Waals surface area contributed by atoms with E-state index in [1.807, 2.05) is 18.2 Å². The van der Waals surface area contributed by atoms with E-state index in [2.05, 4.69) is 49.1 Å². The summed E-state index contributed by atoms with van der Waals surface area (Å²) in [5.41, 5.74) is 1.07. The van der Waals surface area contributed by atoms with Crippen molar-refractivity contribution in [3.63, 3.8) is 0 Å². The van der Waals surface area contributed by atoms with Crippen LogP contribution in [0, 0.1) is 0 Å². The van der Waals surface area contributed by atoms with Crippen LogP contribution in [0.25, 0.3) is 0 Å². The zero-order valence-corrected chi connectivity index (χ0v) is 18.5. The van der Waals surface area contributed by atoms with Gasteiger partial charge in [0.25, 0.3) is 0 Å². The molecule has 0 bridgehead atoms. The Morgan fingerprint density at radius 1 is 1.38 bits per heavy atom.